The number of nitrogens with zero attached hydrogens (tertiary/aromatic N) is 1. The SMILES string of the molecule is C1=C(Cc2ccccc2)C=[C]([Cr][CH](c2ccccc2)c2ccccn2)C1.Cl.Cl. The van der Waals surface area contributed by atoms with Crippen molar-refractivity contribution in [3.05, 3.63) is 124 Å². The van der Waals surface area contributed by atoms with Crippen LogP contribution >= 0.6 is 24.8 Å². The first-order valence-corrected chi connectivity index (χ1v) is 10.3. The van der Waals surface area contributed by atoms with Gasteiger partial charge in [-0.25, -0.2) is 0 Å². The Morgan fingerprint density at radius 2 is 1.50 bits per heavy atom. The molecular weight excluding hydrogens is 425 g/mol. The molecule has 4 rings (SSSR count). The zero-order chi connectivity index (χ0) is 17.6. The van der Waals surface area contributed by atoms with Gasteiger partial charge in [-0.05, 0) is 0 Å². The second kappa shape index (κ2) is 11.2. The molecule has 4 heteroatoms. The minimum Gasteiger partial charge on any atom is -0.147 e. The minimum absolute atomic E-state index is 0. The molecule has 0 spiro atoms. The summed E-state index contributed by atoms with van der Waals surface area (Å²) in [7, 11) is 0. The predicted molar refractivity (Wildman–Crippen MR) is 118 cm³/mol. The van der Waals surface area contributed by atoms with Crippen LogP contribution in [-0.4, -0.2) is 4.98 Å². The second-order valence-electron chi connectivity index (χ2n) is 6.42. The van der Waals surface area contributed by atoms with E-state index in [9.17, 15) is 0 Å². The first-order chi connectivity index (χ1) is 12.9. The molecule has 1 nitrogen and oxygen atoms in total. The first-order valence-electron chi connectivity index (χ1n) is 8.94. The van der Waals surface area contributed by atoms with Crippen molar-refractivity contribution in [2.75, 3.05) is 0 Å². The molecule has 0 aliphatic heterocycles. The van der Waals surface area contributed by atoms with Crippen molar-refractivity contribution in [1.82, 2.24) is 4.98 Å². The Morgan fingerprint density at radius 1 is 0.821 bits per heavy atom. The maximum Gasteiger partial charge on any atom is -0.147 e. The fourth-order valence-corrected chi connectivity index (χ4v) is 5.16. The predicted octanol–water partition coefficient (Wildman–Crippen LogP) is 6.55. The monoisotopic (exact) mass is 447 g/mol. The van der Waals surface area contributed by atoms with E-state index in [1.807, 2.05) is 12.3 Å². The van der Waals surface area contributed by atoms with Gasteiger partial charge in [0, 0.05) is 0 Å². The van der Waals surface area contributed by atoms with Crippen LogP contribution in [0.15, 0.2) is 107 Å². The van der Waals surface area contributed by atoms with E-state index < -0.39 is 0 Å². The third kappa shape index (κ3) is 5.84. The van der Waals surface area contributed by atoms with Crippen LogP contribution < -0.4 is 0 Å². The summed E-state index contributed by atoms with van der Waals surface area (Å²) >= 11 is 0.352. The van der Waals surface area contributed by atoms with Gasteiger partial charge in [-0.2, -0.15) is 0 Å². The summed E-state index contributed by atoms with van der Waals surface area (Å²) in [6.07, 6.45) is 8.83. The Bertz CT molecular complexity index is 870. The van der Waals surface area contributed by atoms with Gasteiger partial charge in [0.25, 0.3) is 0 Å². The molecule has 2 aromatic carbocycles. The Kier molecular flexibility index (Phi) is 9.03. The van der Waals surface area contributed by atoms with Gasteiger partial charge >= 0.3 is 162 Å². The molecule has 1 atom stereocenters. The molecule has 1 aliphatic carbocycles. The molecule has 3 aromatic rings. The molecule has 0 radical (unpaired) electrons. The number of allylic oxidation sites excluding steroid dienone is 4. The van der Waals surface area contributed by atoms with Crippen molar-refractivity contribution in [1.29, 1.82) is 0 Å². The van der Waals surface area contributed by atoms with Crippen LogP contribution in [0.1, 0.15) is 28.0 Å². The topological polar surface area (TPSA) is 12.9 Å². The van der Waals surface area contributed by atoms with Crippen LogP contribution in [0.2, 0.25) is 0 Å². The van der Waals surface area contributed by atoms with Crippen molar-refractivity contribution in [3.8, 4) is 0 Å². The average molecular weight is 448 g/mol. The molecule has 1 unspecified atom stereocenters. The van der Waals surface area contributed by atoms with E-state index in [2.05, 4.69) is 89.9 Å². The normalized spacial score (nSPS) is 13.6. The molecule has 0 bridgehead atoms. The molecule has 0 saturated heterocycles. The minimum atomic E-state index is 0. The van der Waals surface area contributed by atoms with Crippen molar-refractivity contribution in [2.45, 2.75) is 17.6 Å². The molecule has 1 aromatic heterocycles. The summed E-state index contributed by atoms with van der Waals surface area (Å²) in [5, 5.41) is 0. The van der Waals surface area contributed by atoms with Crippen LogP contribution in [-0.2, 0) is 21.6 Å². The molecule has 144 valence electrons. The first kappa shape index (κ1) is 22.5. The third-order valence-electron chi connectivity index (χ3n) is 4.49. The number of aromatic nitrogens is 1. The maximum atomic E-state index is 4.66. The number of halogens is 2. The molecule has 0 saturated carbocycles. The Hall–Kier alpha value is -1.82. The number of pyridine rings is 1. The zero-order valence-corrected chi connectivity index (χ0v) is 18.3. The van der Waals surface area contributed by atoms with Crippen LogP contribution in [0.4, 0.5) is 0 Å². The van der Waals surface area contributed by atoms with Crippen molar-refractivity contribution >= 4 is 24.8 Å². The molecule has 0 fully saturated rings. The largest absolute Gasteiger partial charge is 0.147 e. The van der Waals surface area contributed by atoms with Gasteiger partial charge in [0.05, 0.1) is 0 Å². The standard InChI is InChI=1S/C12H10N.C12H11.2ClH.Cr/c1-2-6-11(7-3-1)10-12-8-4-5-9-13-12;1-2-6-11(7-3-1)10-12-8-4-5-9-12;;;/h1-10H;1-3,6-9H,4,10H2;2*1H;. The summed E-state index contributed by atoms with van der Waals surface area (Å²) in [6, 6.07) is 27.8. The number of benzene rings is 2. The van der Waals surface area contributed by atoms with Gasteiger partial charge < -0.3 is 0 Å². The Labute approximate surface area is 186 Å². The number of hydrogen-bond acceptors (Lipinski definition) is 1. The van der Waals surface area contributed by atoms with E-state index >= 15 is 0 Å². The van der Waals surface area contributed by atoms with Crippen molar-refractivity contribution in [3.63, 3.8) is 0 Å². The molecule has 1 aliphatic rings. The van der Waals surface area contributed by atoms with Crippen LogP contribution in [0.3, 0.4) is 0 Å². The van der Waals surface area contributed by atoms with Gasteiger partial charge in [0.15, 0.2) is 0 Å². The second-order valence-corrected chi connectivity index (χ2v) is 8.34. The van der Waals surface area contributed by atoms with E-state index in [0.29, 0.717) is 20.0 Å². The van der Waals surface area contributed by atoms with E-state index in [1.54, 1.807) is 4.44 Å². The summed E-state index contributed by atoms with van der Waals surface area (Å²) in [6.45, 7) is 0. The number of hydrogen-bond donors (Lipinski definition) is 0. The van der Waals surface area contributed by atoms with Crippen LogP contribution in [0.25, 0.3) is 0 Å². The smallest absolute Gasteiger partial charge is 0.147 e. The fourth-order valence-electron chi connectivity index (χ4n) is 3.20. The summed E-state index contributed by atoms with van der Waals surface area (Å²) < 4.78 is 1.93. The Balaban J connectivity index is 0.00000140. The van der Waals surface area contributed by atoms with E-state index in [0.717, 1.165) is 12.8 Å². The zero-order valence-electron chi connectivity index (χ0n) is 15.4. The van der Waals surface area contributed by atoms with Crippen molar-refractivity contribution < 1.29 is 15.2 Å². The average Bonchev–Trinajstić information content (AvgIpc) is 3.15. The molecule has 28 heavy (non-hydrogen) atoms. The van der Waals surface area contributed by atoms with Gasteiger partial charge in [-0.15, -0.1) is 24.8 Å². The number of rotatable bonds is 6. The fraction of sp³-hybridized carbons (Fsp3) is 0.125. The van der Waals surface area contributed by atoms with Crippen molar-refractivity contribution in [2.24, 2.45) is 0 Å². The van der Waals surface area contributed by atoms with Gasteiger partial charge in [-0.1, -0.05) is 0 Å². The van der Waals surface area contributed by atoms with Gasteiger partial charge in [-0.3, -0.25) is 0 Å². The third-order valence-corrected chi connectivity index (χ3v) is 6.58. The molecule has 1 heterocycles. The summed E-state index contributed by atoms with van der Waals surface area (Å²) in [4.78, 5) is 4.66. The van der Waals surface area contributed by atoms with Crippen LogP contribution in [0, 0.1) is 0 Å². The summed E-state index contributed by atoms with van der Waals surface area (Å²) in [5.41, 5.74) is 5.37. The summed E-state index contributed by atoms with van der Waals surface area (Å²) in [5.74, 6) is 0. The van der Waals surface area contributed by atoms with E-state index in [1.165, 1.54) is 22.4 Å². The van der Waals surface area contributed by atoms with Crippen LogP contribution in [0.5, 0.6) is 0 Å². The molecule has 0 amide bonds. The Morgan fingerprint density at radius 3 is 2.18 bits per heavy atom. The van der Waals surface area contributed by atoms with E-state index in [4.69, 9.17) is 0 Å². The molecule has 0 N–H and O–H groups in total. The van der Waals surface area contributed by atoms with E-state index in [-0.39, 0.29) is 24.8 Å². The molecular formula is C24H23Cl2CrN. The van der Waals surface area contributed by atoms with Gasteiger partial charge in [0.2, 0.25) is 0 Å². The maximum absolute atomic E-state index is 4.66. The van der Waals surface area contributed by atoms with Gasteiger partial charge in [0.1, 0.15) is 0 Å². The quantitative estimate of drug-likeness (QED) is 0.417.